The SMILES string of the molecule is O=C(CN1CCCC2(CCCN(C(=O)c3ncc(F)cc3F)C2)C1)N1CCCC1. The molecule has 8 heteroatoms. The minimum atomic E-state index is -0.920. The summed E-state index contributed by atoms with van der Waals surface area (Å²) >= 11 is 0. The van der Waals surface area contributed by atoms with Crippen LogP contribution in [-0.4, -0.2) is 77.3 Å². The number of rotatable bonds is 3. The lowest BCUT2D eigenvalue weighted by molar-refractivity contribution is -0.132. The zero-order valence-electron chi connectivity index (χ0n) is 16.7. The number of carbonyl (C=O) groups excluding carboxylic acids is 2. The number of nitrogens with zero attached hydrogens (tertiary/aromatic N) is 4. The molecule has 3 fully saturated rings. The molecule has 0 radical (unpaired) electrons. The van der Waals surface area contributed by atoms with Crippen LogP contribution in [0.1, 0.15) is 49.0 Å². The fraction of sp³-hybridized carbons (Fsp3) is 0.667. The lowest BCUT2D eigenvalue weighted by atomic mass is 9.73. The first-order valence-electron chi connectivity index (χ1n) is 10.6. The van der Waals surface area contributed by atoms with Crippen molar-refractivity contribution in [2.24, 2.45) is 5.41 Å². The summed E-state index contributed by atoms with van der Waals surface area (Å²) in [5.74, 6) is -2.00. The highest BCUT2D eigenvalue weighted by atomic mass is 19.1. The van der Waals surface area contributed by atoms with Crippen LogP contribution in [0.5, 0.6) is 0 Å². The molecule has 4 rings (SSSR count). The first kappa shape index (κ1) is 20.2. The van der Waals surface area contributed by atoms with E-state index in [9.17, 15) is 18.4 Å². The van der Waals surface area contributed by atoms with Gasteiger partial charge < -0.3 is 9.80 Å². The van der Waals surface area contributed by atoms with Gasteiger partial charge >= 0.3 is 0 Å². The molecule has 0 bridgehead atoms. The van der Waals surface area contributed by atoms with Crippen LogP contribution in [0, 0.1) is 17.0 Å². The molecule has 29 heavy (non-hydrogen) atoms. The van der Waals surface area contributed by atoms with Crippen molar-refractivity contribution in [1.29, 1.82) is 0 Å². The molecule has 1 aromatic rings. The topological polar surface area (TPSA) is 56.8 Å². The highest BCUT2D eigenvalue weighted by Gasteiger charge is 2.41. The van der Waals surface area contributed by atoms with Crippen LogP contribution >= 0.6 is 0 Å². The second kappa shape index (κ2) is 8.34. The van der Waals surface area contributed by atoms with E-state index in [1.807, 2.05) is 4.90 Å². The fourth-order valence-corrected chi connectivity index (χ4v) is 5.14. The zero-order valence-corrected chi connectivity index (χ0v) is 16.7. The minimum absolute atomic E-state index is 0.0754. The van der Waals surface area contributed by atoms with Crippen LogP contribution in [0.15, 0.2) is 12.3 Å². The lowest BCUT2D eigenvalue weighted by Crippen LogP contribution is -2.55. The van der Waals surface area contributed by atoms with Gasteiger partial charge in [0.2, 0.25) is 5.91 Å². The van der Waals surface area contributed by atoms with E-state index in [0.29, 0.717) is 25.7 Å². The van der Waals surface area contributed by atoms with E-state index in [-0.39, 0.29) is 17.0 Å². The normalized spacial score (nSPS) is 25.6. The predicted molar refractivity (Wildman–Crippen MR) is 103 cm³/mol. The molecule has 1 unspecified atom stereocenters. The van der Waals surface area contributed by atoms with Crippen LogP contribution in [-0.2, 0) is 4.79 Å². The molecule has 1 atom stereocenters. The van der Waals surface area contributed by atoms with Gasteiger partial charge in [-0.25, -0.2) is 13.8 Å². The monoisotopic (exact) mass is 406 g/mol. The molecule has 4 heterocycles. The van der Waals surface area contributed by atoms with Gasteiger partial charge in [0, 0.05) is 44.2 Å². The fourth-order valence-electron chi connectivity index (χ4n) is 5.14. The first-order valence-corrected chi connectivity index (χ1v) is 10.6. The summed E-state index contributed by atoms with van der Waals surface area (Å²) in [5, 5.41) is 0. The zero-order chi connectivity index (χ0) is 20.4. The van der Waals surface area contributed by atoms with E-state index in [2.05, 4.69) is 9.88 Å². The number of hydrogen-bond acceptors (Lipinski definition) is 4. The van der Waals surface area contributed by atoms with E-state index in [0.717, 1.165) is 70.9 Å². The number of likely N-dealkylation sites (tertiary alicyclic amines) is 3. The highest BCUT2D eigenvalue weighted by Crippen LogP contribution is 2.39. The van der Waals surface area contributed by atoms with Gasteiger partial charge in [0.15, 0.2) is 11.5 Å². The van der Waals surface area contributed by atoms with Gasteiger partial charge in [-0.15, -0.1) is 0 Å². The predicted octanol–water partition coefficient (Wildman–Crippen LogP) is 2.30. The summed E-state index contributed by atoms with van der Waals surface area (Å²) in [6.45, 7) is 4.89. The summed E-state index contributed by atoms with van der Waals surface area (Å²) in [5.41, 5.74) is -0.395. The Balaban J connectivity index is 1.42. The molecule has 1 aromatic heterocycles. The van der Waals surface area contributed by atoms with E-state index < -0.39 is 17.5 Å². The second-order valence-electron chi connectivity index (χ2n) is 8.72. The molecular weight excluding hydrogens is 378 g/mol. The van der Waals surface area contributed by atoms with Gasteiger partial charge in [-0.3, -0.25) is 14.5 Å². The number of piperidine rings is 2. The number of pyridine rings is 1. The van der Waals surface area contributed by atoms with Gasteiger partial charge in [-0.1, -0.05) is 0 Å². The quantitative estimate of drug-likeness (QED) is 0.773. The van der Waals surface area contributed by atoms with Crippen molar-refractivity contribution in [2.75, 3.05) is 45.8 Å². The van der Waals surface area contributed by atoms with Crippen LogP contribution in [0.2, 0.25) is 0 Å². The number of amides is 2. The molecule has 1 spiro atoms. The third-order valence-corrected chi connectivity index (χ3v) is 6.52. The molecule has 6 nitrogen and oxygen atoms in total. The average Bonchev–Trinajstić information content (AvgIpc) is 3.23. The highest BCUT2D eigenvalue weighted by molar-refractivity contribution is 5.92. The molecule has 3 saturated heterocycles. The maximum absolute atomic E-state index is 14.0. The Morgan fingerprint density at radius 1 is 0.966 bits per heavy atom. The second-order valence-corrected chi connectivity index (χ2v) is 8.72. The molecule has 3 aliphatic rings. The van der Waals surface area contributed by atoms with Crippen LogP contribution < -0.4 is 0 Å². The molecule has 0 aliphatic carbocycles. The van der Waals surface area contributed by atoms with Crippen molar-refractivity contribution in [3.05, 3.63) is 29.6 Å². The summed E-state index contributed by atoms with van der Waals surface area (Å²) in [4.78, 5) is 34.9. The molecule has 0 aromatic carbocycles. The van der Waals surface area contributed by atoms with E-state index in [4.69, 9.17) is 0 Å². The third kappa shape index (κ3) is 4.42. The van der Waals surface area contributed by atoms with Crippen molar-refractivity contribution in [3.63, 3.8) is 0 Å². The van der Waals surface area contributed by atoms with Gasteiger partial charge in [-0.05, 0) is 45.1 Å². The van der Waals surface area contributed by atoms with Crippen molar-refractivity contribution in [2.45, 2.75) is 38.5 Å². The minimum Gasteiger partial charge on any atom is -0.342 e. The van der Waals surface area contributed by atoms with Crippen molar-refractivity contribution < 1.29 is 18.4 Å². The maximum Gasteiger partial charge on any atom is 0.275 e. The smallest absolute Gasteiger partial charge is 0.275 e. The molecule has 2 amide bonds. The van der Waals surface area contributed by atoms with Crippen LogP contribution in [0.25, 0.3) is 0 Å². The number of carbonyl (C=O) groups is 2. The van der Waals surface area contributed by atoms with Gasteiger partial charge in [0.05, 0.1) is 12.7 Å². The van der Waals surface area contributed by atoms with Crippen LogP contribution in [0.4, 0.5) is 8.78 Å². The molecular formula is C21H28F2N4O2. The maximum atomic E-state index is 14.0. The van der Waals surface area contributed by atoms with E-state index >= 15 is 0 Å². The third-order valence-electron chi connectivity index (χ3n) is 6.52. The number of hydrogen-bond donors (Lipinski definition) is 0. The summed E-state index contributed by atoms with van der Waals surface area (Å²) < 4.78 is 27.2. The van der Waals surface area contributed by atoms with Crippen LogP contribution in [0.3, 0.4) is 0 Å². The van der Waals surface area contributed by atoms with Crippen molar-refractivity contribution in [1.82, 2.24) is 19.7 Å². The van der Waals surface area contributed by atoms with Gasteiger partial charge in [0.1, 0.15) is 5.82 Å². The summed E-state index contributed by atoms with van der Waals surface area (Å²) in [6.07, 6.45) is 6.85. The van der Waals surface area contributed by atoms with Crippen molar-refractivity contribution in [3.8, 4) is 0 Å². The van der Waals surface area contributed by atoms with Gasteiger partial charge in [0.25, 0.3) is 5.91 Å². The first-order chi connectivity index (χ1) is 14.0. The molecule has 0 N–H and O–H groups in total. The molecule has 158 valence electrons. The van der Waals surface area contributed by atoms with E-state index in [1.165, 1.54) is 0 Å². The lowest BCUT2D eigenvalue weighted by Gasteiger charge is -2.48. The van der Waals surface area contributed by atoms with Crippen molar-refractivity contribution >= 4 is 11.8 Å². The van der Waals surface area contributed by atoms with E-state index in [1.54, 1.807) is 4.90 Å². The molecule has 0 saturated carbocycles. The Hall–Kier alpha value is -2.09. The Morgan fingerprint density at radius 3 is 2.38 bits per heavy atom. The number of aromatic nitrogens is 1. The summed E-state index contributed by atoms with van der Waals surface area (Å²) in [6, 6.07) is 0.701. The Bertz CT molecular complexity index is 780. The average molecular weight is 406 g/mol. The largest absolute Gasteiger partial charge is 0.342 e. The van der Waals surface area contributed by atoms with Gasteiger partial charge in [-0.2, -0.15) is 0 Å². The number of halogens is 2. The Labute approximate surface area is 169 Å². The standard InChI is InChI=1S/C21H28F2N4O2/c22-16-11-17(23)19(24-12-16)20(29)27-10-4-6-21(15-27)5-3-7-25(14-21)13-18(28)26-8-1-2-9-26/h11-12H,1-10,13-15H2. The Kier molecular flexibility index (Phi) is 5.81. The summed E-state index contributed by atoms with van der Waals surface area (Å²) in [7, 11) is 0. The molecule has 3 aliphatic heterocycles. The Morgan fingerprint density at radius 2 is 1.66 bits per heavy atom.